The Kier molecular flexibility index (Phi) is 4.35. The first-order valence-corrected chi connectivity index (χ1v) is 8.81. The molecule has 2 aromatic carbocycles. The smallest absolute Gasteiger partial charge is 0.335 e. The average molecular weight is 378 g/mol. The molecule has 2 heterocycles. The predicted molar refractivity (Wildman–Crippen MR) is 102 cm³/mol. The second-order valence-electron chi connectivity index (χ2n) is 6.66. The molecule has 7 heteroatoms. The van der Waals surface area contributed by atoms with Gasteiger partial charge in [0, 0.05) is 6.42 Å². The van der Waals surface area contributed by atoms with Crippen LogP contribution < -0.4 is 19.7 Å². The Hall–Kier alpha value is -3.61. The van der Waals surface area contributed by atoms with Crippen LogP contribution in [0.2, 0.25) is 0 Å². The van der Waals surface area contributed by atoms with Crippen LogP contribution >= 0.6 is 0 Å². The molecule has 1 atom stereocenters. The van der Waals surface area contributed by atoms with E-state index in [-0.39, 0.29) is 11.7 Å². The topological polar surface area (TPSA) is 84.9 Å². The van der Waals surface area contributed by atoms with Crippen molar-refractivity contribution in [1.82, 2.24) is 5.32 Å². The summed E-state index contributed by atoms with van der Waals surface area (Å²) >= 11 is 0. The maximum Gasteiger partial charge on any atom is 0.335 e. The second kappa shape index (κ2) is 6.84. The van der Waals surface area contributed by atoms with Crippen LogP contribution in [0.1, 0.15) is 18.1 Å². The molecule has 1 fully saturated rings. The molecule has 142 valence electrons. The van der Waals surface area contributed by atoms with Crippen LogP contribution in [0.3, 0.4) is 0 Å². The van der Waals surface area contributed by atoms with Crippen molar-refractivity contribution in [3.8, 4) is 11.5 Å². The number of hydrogen-bond donors (Lipinski definition) is 1. The highest BCUT2D eigenvalue weighted by Crippen LogP contribution is 2.30. The number of hydrogen-bond acceptors (Lipinski definition) is 5. The van der Waals surface area contributed by atoms with E-state index >= 15 is 0 Å². The van der Waals surface area contributed by atoms with Gasteiger partial charge in [0.05, 0.1) is 12.8 Å². The number of methoxy groups -OCH3 is 1. The third kappa shape index (κ3) is 3.11. The summed E-state index contributed by atoms with van der Waals surface area (Å²) in [6.07, 6.45) is 2.35. The molecule has 2 aliphatic rings. The van der Waals surface area contributed by atoms with Crippen molar-refractivity contribution in [3.05, 3.63) is 59.2 Å². The molecule has 0 bridgehead atoms. The van der Waals surface area contributed by atoms with Gasteiger partial charge in [-0.05, 0) is 60.5 Å². The molecule has 28 heavy (non-hydrogen) atoms. The number of amides is 4. The molecule has 2 aromatic rings. The highest BCUT2D eigenvalue weighted by Gasteiger charge is 2.36. The van der Waals surface area contributed by atoms with Crippen molar-refractivity contribution in [1.29, 1.82) is 0 Å². The van der Waals surface area contributed by atoms with Crippen LogP contribution in [0.15, 0.2) is 48.0 Å². The molecular weight excluding hydrogens is 360 g/mol. The van der Waals surface area contributed by atoms with Crippen LogP contribution in [-0.4, -0.2) is 31.1 Å². The Morgan fingerprint density at radius 2 is 1.89 bits per heavy atom. The first-order valence-electron chi connectivity index (χ1n) is 8.81. The molecule has 4 rings (SSSR count). The number of carbonyl (C=O) groups excluding carboxylic acids is 3. The lowest BCUT2D eigenvalue weighted by Gasteiger charge is -2.26. The van der Waals surface area contributed by atoms with Gasteiger partial charge in [0.15, 0.2) is 0 Å². The standard InChI is InChI=1S/C21H18N2O5/c1-12-9-14-10-13(3-8-18(14)28-12)11-17-19(24)22-21(26)23(20(17)25)15-4-6-16(27-2)7-5-15/h3-8,10-12H,9H2,1-2H3,(H,22,24,26)/b17-11+/t12-/m1/s1. The van der Waals surface area contributed by atoms with E-state index < -0.39 is 17.8 Å². The van der Waals surface area contributed by atoms with Gasteiger partial charge < -0.3 is 9.47 Å². The summed E-state index contributed by atoms with van der Waals surface area (Å²) in [6, 6.07) is 11.1. The zero-order valence-corrected chi connectivity index (χ0v) is 15.4. The average Bonchev–Trinajstić information content (AvgIpc) is 3.05. The van der Waals surface area contributed by atoms with Crippen LogP contribution in [-0.2, 0) is 16.0 Å². The Morgan fingerprint density at radius 3 is 2.61 bits per heavy atom. The summed E-state index contributed by atoms with van der Waals surface area (Å²) in [5.41, 5.74) is 1.95. The van der Waals surface area contributed by atoms with Crippen molar-refractivity contribution in [3.63, 3.8) is 0 Å². The number of nitrogens with one attached hydrogen (secondary N) is 1. The molecule has 0 aromatic heterocycles. The highest BCUT2D eigenvalue weighted by molar-refractivity contribution is 6.39. The van der Waals surface area contributed by atoms with Crippen molar-refractivity contribution in [2.24, 2.45) is 0 Å². The summed E-state index contributed by atoms with van der Waals surface area (Å²) < 4.78 is 10.8. The molecule has 7 nitrogen and oxygen atoms in total. The maximum atomic E-state index is 12.9. The quantitative estimate of drug-likeness (QED) is 0.656. The lowest BCUT2D eigenvalue weighted by molar-refractivity contribution is -0.122. The Morgan fingerprint density at radius 1 is 1.14 bits per heavy atom. The molecule has 2 aliphatic heterocycles. The molecule has 0 aliphatic carbocycles. The molecule has 0 unspecified atom stereocenters. The number of barbiturate groups is 1. The second-order valence-corrected chi connectivity index (χ2v) is 6.66. The molecule has 0 saturated carbocycles. The summed E-state index contributed by atoms with van der Waals surface area (Å²) in [6.45, 7) is 1.98. The van der Waals surface area contributed by atoms with Crippen LogP contribution in [0.4, 0.5) is 10.5 Å². The molecule has 0 spiro atoms. The Bertz CT molecular complexity index is 1010. The van der Waals surface area contributed by atoms with Gasteiger partial charge in [-0.2, -0.15) is 0 Å². The summed E-state index contributed by atoms with van der Waals surface area (Å²) in [7, 11) is 1.52. The van der Waals surface area contributed by atoms with Crippen LogP contribution in [0.5, 0.6) is 11.5 Å². The lowest BCUT2D eigenvalue weighted by Crippen LogP contribution is -2.54. The summed E-state index contributed by atoms with van der Waals surface area (Å²) in [4.78, 5) is 38.4. The molecule has 4 amide bonds. The van der Waals surface area contributed by atoms with Crippen molar-refractivity contribution in [2.75, 3.05) is 12.0 Å². The highest BCUT2D eigenvalue weighted by atomic mass is 16.5. The minimum absolute atomic E-state index is 0.0979. The number of fused-ring (bicyclic) bond motifs is 1. The van der Waals surface area contributed by atoms with E-state index in [0.29, 0.717) is 17.0 Å². The van der Waals surface area contributed by atoms with Crippen LogP contribution in [0.25, 0.3) is 6.08 Å². The fourth-order valence-electron chi connectivity index (χ4n) is 3.32. The van der Waals surface area contributed by atoms with Gasteiger partial charge in [0.1, 0.15) is 23.2 Å². The van der Waals surface area contributed by atoms with Gasteiger partial charge in [-0.15, -0.1) is 0 Å². The van der Waals surface area contributed by atoms with E-state index in [9.17, 15) is 14.4 Å². The molecule has 0 radical (unpaired) electrons. The first-order chi connectivity index (χ1) is 13.5. The van der Waals surface area contributed by atoms with E-state index in [1.54, 1.807) is 30.3 Å². The van der Waals surface area contributed by atoms with E-state index in [1.165, 1.54) is 13.2 Å². The zero-order valence-electron chi connectivity index (χ0n) is 15.4. The Balaban J connectivity index is 1.67. The fourth-order valence-corrected chi connectivity index (χ4v) is 3.32. The minimum atomic E-state index is -0.784. The summed E-state index contributed by atoms with van der Waals surface area (Å²) in [5.74, 6) is 0.00747. The van der Waals surface area contributed by atoms with Gasteiger partial charge in [0.25, 0.3) is 11.8 Å². The summed E-state index contributed by atoms with van der Waals surface area (Å²) in [5, 5.41) is 2.22. The number of nitrogens with zero attached hydrogens (tertiary/aromatic N) is 1. The number of benzene rings is 2. The van der Waals surface area contributed by atoms with Gasteiger partial charge in [-0.3, -0.25) is 14.9 Å². The van der Waals surface area contributed by atoms with E-state index in [0.717, 1.165) is 22.6 Å². The van der Waals surface area contributed by atoms with Crippen molar-refractivity contribution in [2.45, 2.75) is 19.4 Å². The van der Waals surface area contributed by atoms with Crippen molar-refractivity contribution >= 4 is 29.6 Å². The Labute approximate surface area is 161 Å². The maximum absolute atomic E-state index is 12.9. The predicted octanol–water partition coefficient (Wildman–Crippen LogP) is 2.69. The number of imide groups is 2. The normalized spacial score (nSPS) is 20.1. The zero-order chi connectivity index (χ0) is 19.8. The van der Waals surface area contributed by atoms with Gasteiger partial charge in [-0.1, -0.05) is 6.07 Å². The van der Waals surface area contributed by atoms with E-state index in [4.69, 9.17) is 9.47 Å². The number of rotatable bonds is 3. The molecule has 1 N–H and O–H groups in total. The third-order valence-electron chi connectivity index (χ3n) is 4.66. The molecular formula is C21H18N2O5. The first kappa shape index (κ1) is 17.8. The van der Waals surface area contributed by atoms with Gasteiger partial charge in [0.2, 0.25) is 0 Å². The van der Waals surface area contributed by atoms with Gasteiger partial charge >= 0.3 is 6.03 Å². The van der Waals surface area contributed by atoms with E-state index in [2.05, 4.69) is 5.32 Å². The number of anilines is 1. The fraction of sp³-hybridized carbons (Fsp3) is 0.190. The monoisotopic (exact) mass is 378 g/mol. The third-order valence-corrected chi connectivity index (χ3v) is 4.66. The minimum Gasteiger partial charge on any atom is -0.497 e. The largest absolute Gasteiger partial charge is 0.497 e. The number of carbonyl (C=O) groups is 3. The lowest BCUT2D eigenvalue weighted by atomic mass is 10.0. The number of urea groups is 1. The SMILES string of the molecule is COc1ccc(N2C(=O)NC(=O)/C(=C\c3ccc4c(c3)C[C@@H](C)O4)C2=O)cc1. The number of ether oxygens (including phenoxy) is 2. The van der Waals surface area contributed by atoms with Gasteiger partial charge in [-0.25, -0.2) is 9.69 Å². The van der Waals surface area contributed by atoms with E-state index in [1.807, 2.05) is 19.1 Å². The molecule has 1 saturated heterocycles. The van der Waals surface area contributed by atoms with Crippen molar-refractivity contribution < 1.29 is 23.9 Å². The van der Waals surface area contributed by atoms with Crippen LogP contribution in [0, 0.1) is 0 Å².